The van der Waals surface area contributed by atoms with Crippen molar-refractivity contribution in [1.29, 1.82) is 5.26 Å². The minimum atomic E-state index is -0.396. The second-order valence-electron chi connectivity index (χ2n) is 5.60. The Labute approximate surface area is 161 Å². The maximum absolute atomic E-state index is 12.5. The van der Waals surface area contributed by atoms with Crippen LogP contribution in [0.1, 0.15) is 16.1 Å². The SMILES string of the molecule is COc1ccc(OC)c(Nc2nccc(C(=O)Nc3ccc(C#N)cc3)n2)c1. The van der Waals surface area contributed by atoms with E-state index in [2.05, 4.69) is 20.6 Å². The van der Waals surface area contributed by atoms with E-state index in [1.807, 2.05) is 6.07 Å². The summed E-state index contributed by atoms with van der Waals surface area (Å²) in [7, 11) is 3.12. The Morgan fingerprint density at radius 2 is 1.86 bits per heavy atom. The first kappa shape index (κ1) is 18.7. The third-order valence-corrected chi connectivity index (χ3v) is 3.81. The van der Waals surface area contributed by atoms with Crippen LogP contribution in [0.4, 0.5) is 17.3 Å². The summed E-state index contributed by atoms with van der Waals surface area (Å²) in [6, 6.07) is 15.3. The molecule has 0 aliphatic rings. The number of anilines is 3. The largest absolute Gasteiger partial charge is 0.497 e. The van der Waals surface area contributed by atoms with Gasteiger partial charge >= 0.3 is 0 Å². The van der Waals surface area contributed by atoms with Gasteiger partial charge in [-0.15, -0.1) is 0 Å². The fraction of sp³-hybridized carbons (Fsp3) is 0.100. The molecular formula is C20H17N5O3. The number of hydrogen-bond acceptors (Lipinski definition) is 7. The summed E-state index contributed by atoms with van der Waals surface area (Å²) in [5, 5.41) is 14.6. The van der Waals surface area contributed by atoms with Crippen LogP contribution in [0.15, 0.2) is 54.7 Å². The summed E-state index contributed by atoms with van der Waals surface area (Å²) >= 11 is 0. The zero-order chi connectivity index (χ0) is 19.9. The van der Waals surface area contributed by atoms with Gasteiger partial charge in [-0.25, -0.2) is 9.97 Å². The molecule has 2 N–H and O–H groups in total. The highest BCUT2D eigenvalue weighted by atomic mass is 16.5. The molecular weight excluding hydrogens is 358 g/mol. The Bertz CT molecular complexity index is 1030. The first-order valence-corrected chi connectivity index (χ1v) is 8.26. The predicted octanol–water partition coefficient (Wildman–Crippen LogP) is 3.36. The van der Waals surface area contributed by atoms with Crippen LogP contribution in [0, 0.1) is 11.3 Å². The molecule has 1 aromatic heterocycles. The molecule has 1 heterocycles. The first-order chi connectivity index (χ1) is 13.6. The maximum Gasteiger partial charge on any atom is 0.274 e. The van der Waals surface area contributed by atoms with Gasteiger partial charge in [0.1, 0.15) is 17.2 Å². The zero-order valence-electron chi connectivity index (χ0n) is 15.3. The number of hydrogen-bond donors (Lipinski definition) is 2. The van der Waals surface area contributed by atoms with Gasteiger partial charge in [0.05, 0.1) is 31.5 Å². The molecule has 0 unspecified atom stereocenters. The average molecular weight is 375 g/mol. The topological polar surface area (TPSA) is 109 Å². The Hall–Kier alpha value is -4.12. The summed E-state index contributed by atoms with van der Waals surface area (Å²) in [6.45, 7) is 0. The van der Waals surface area contributed by atoms with E-state index >= 15 is 0 Å². The molecule has 8 heteroatoms. The monoisotopic (exact) mass is 375 g/mol. The molecule has 140 valence electrons. The number of methoxy groups -OCH3 is 2. The van der Waals surface area contributed by atoms with Crippen LogP contribution in [-0.4, -0.2) is 30.1 Å². The van der Waals surface area contributed by atoms with E-state index in [1.54, 1.807) is 56.7 Å². The van der Waals surface area contributed by atoms with Gasteiger partial charge in [0.25, 0.3) is 5.91 Å². The molecule has 0 saturated carbocycles. The lowest BCUT2D eigenvalue weighted by atomic mass is 10.2. The highest BCUT2D eigenvalue weighted by molar-refractivity contribution is 6.03. The summed E-state index contributed by atoms with van der Waals surface area (Å²) in [4.78, 5) is 20.8. The third-order valence-electron chi connectivity index (χ3n) is 3.81. The summed E-state index contributed by atoms with van der Waals surface area (Å²) in [5.41, 5.74) is 1.86. The molecule has 2 aromatic carbocycles. The number of nitrogens with one attached hydrogen (secondary N) is 2. The number of ether oxygens (including phenoxy) is 2. The number of nitriles is 1. The van der Waals surface area contributed by atoms with Crippen molar-refractivity contribution in [1.82, 2.24) is 9.97 Å². The normalized spacial score (nSPS) is 9.89. The van der Waals surface area contributed by atoms with Crippen LogP contribution in [0.5, 0.6) is 11.5 Å². The Morgan fingerprint density at radius 1 is 1.07 bits per heavy atom. The fourth-order valence-corrected chi connectivity index (χ4v) is 2.40. The molecule has 0 saturated heterocycles. The van der Waals surface area contributed by atoms with Gasteiger partial charge in [-0.1, -0.05) is 0 Å². The summed E-state index contributed by atoms with van der Waals surface area (Å²) in [6.07, 6.45) is 1.48. The van der Waals surface area contributed by atoms with Gasteiger partial charge in [0.2, 0.25) is 5.95 Å². The molecule has 8 nitrogen and oxygen atoms in total. The van der Waals surface area contributed by atoms with Crippen molar-refractivity contribution < 1.29 is 14.3 Å². The third kappa shape index (κ3) is 4.34. The van der Waals surface area contributed by atoms with Crippen molar-refractivity contribution in [3.63, 3.8) is 0 Å². The Morgan fingerprint density at radius 3 is 2.54 bits per heavy atom. The van der Waals surface area contributed by atoms with Crippen molar-refractivity contribution in [2.75, 3.05) is 24.9 Å². The van der Waals surface area contributed by atoms with E-state index < -0.39 is 5.91 Å². The van der Waals surface area contributed by atoms with Gasteiger partial charge in [0.15, 0.2) is 0 Å². The van der Waals surface area contributed by atoms with Gasteiger partial charge in [0, 0.05) is 18.0 Å². The molecule has 0 atom stereocenters. The van der Waals surface area contributed by atoms with Crippen molar-refractivity contribution in [3.8, 4) is 17.6 Å². The predicted molar refractivity (Wildman–Crippen MR) is 104 cm³/mol. The van der Waals surface area contributed by atoms with Crippen LogP contribution in [-0.2, 0) is 0 Å². The number of aromatic nitrogens is 2. The van der Waals surface area contributed by atoms with Crippen LogP contribution in [0.25, 0.3) is 0 Å². The van der Waals surface area contributed by atoms with Gasteiger partial charge in [-0.05, 0) is 42.5 Å². The number of amides is 1. The first-order valence-electron chi connectivity index (χ1n) is 8.26. The fourth-order valence-electron chi connectivity index (χ4n) is 2.40. The second-order valence-corrected chi connectivity index (χ2v) is 5.60. The van der Waals surface area contributed by atoms with Gasteiger partial charge < -0.3 is 20.1 Å². The molecule has 1 amide bonds. The lowest BCUT2D eigenvalue weighted by Gasteiger charge is -2.12. The molecule has 0 spiro atoms. The molecule has 3 aromatic rings. The van der Waals surface area contributed by atoms with Crippen molar-refractivity contribution in [2.24, 2.45) is 0 Å². The molecule has 0 radical (unpaired) electrons. The summed E-state index contributed by atoms with van der Waals surface area (Å²) in [5.74, 6) is 1.06. The average Bonchev–Trinajstić information content (AvgIpc) is 2.74. The van der Waals surface area contributed by atoms with Crippen LogP contribution in [0.2, 0.25) is 0 Å². The maximum atomic E-state index is 12.5. The van der Waals surface area contributed by atoms with Crippen molar-refractivity contribution in [2.45, 2.75) is 0 Å². The lowest BCUT2D eigenvalue weighted by Crippen LogP contribution is -2.14. The Balaban J connectivity index is 1.78. The summed E-state index contributed by atoms with van der Waals surface area (Å²) < 4.78 is 10.5. The highest BCUT2D eigenvalue weighted by Gasteiger charge is 2.11. The van der Waals surface area contributed by atoms with Gasteiger partial charge in [-0.2, -0.15) is 5.26 Å². The zero-order valence-corrected chi connectivity index (χ0v) is 15.3. The second kappa shape index (κ2) is 8.51. The quantitative estimate of drug-likeness (QED) is 0.680. The Kier molecular flexibility index (Phi) is 5.67. The highest BCUT2D eigenvalue weighted by Crippen LogP contribution is 2.30. The molecule has 0 bridgehead atoms. The minimum Gasteiger partial charge on any atom is -0.497 e. The van der Waals surface area contributed by atoms with Crippen LogP contribution >= 0.6 is 0 Å². The number of nitrogens with zero attached hydrogens (tertiary/aromatic N) is 3. The molecule has 3 rings (SSSR count). The van der Waals surface area contributed by atoms with E-state index in [-0.39, 0.29) is 11.6 Å². The van der Waals surface area contributed by atoms with E-state index in [4.69, 9.17) is 14.7 Å². The van der Waals surface area contributed by atoms with E-state index in [0.29, 0.717) is 28.4 Å². The van der Waals surface area contributed by atoms with E-state index in [0.717, 1.165) is 0 Å². The number of carbonyl (C=O) groups is 1. The standard InChI is InChI=1S/C20H17N5O3/c1-27-15-7-8-18(28-2)17(11-15)25-20-22-10-9-16(24-20)19(26)23-14-5-3-13(12-21)4-6-14/h3-11H,1-2H3,(H,23,26)(H,22,24,25). The van der Waals surface area contributed by atoms with Crippen molar-refractivity contribution >= 4 is 23.2 Å². The van der Waals surface area contributed by atoms with E-state index in [1.165, 1.54) is 12.3 Å². The van der Waals surface area contributed by atoms with Crippen molar-refractivity contribution in [3.05, 3.63) is 66.0 Å². The smallest absolute Gasteiger partial charge is 0.274 e. The number of carbonyl (C=O) groups excluding carboxylic acids is 1. The number of benzene rings is 2. The molecule has 0 fully saturated rings. The van der Waals surface area contributed by atoms with Gasteiger partial charge in [-0.3, -0.25) is 4.79 Å². The molecule has 0 aliphatic carbocycles. The number of rotatable bonds is 6. The van der Waals surface area contributed by atoms with E-state index in [9.17, 15) is 4.79 Å². The molecule has 0 aliphatic heterocycles. The lowest BCUT2D eigenvalue weighted by molar-refractivity contribution is 0.102. The van der Waals surface area contributed by atoms with Crippen LogP contribution < -0.4 is 20.1 Å². The minimum absolute atomic E-state index is 0.184. The molecule has 28 heavy (non-hydrogen) atoms. The van der Waals surface area contributed by atoms with Crippen LogP contribution in [0.3, 0.4) is 0 Å².